The maximum Gasteiger partial charge on any atom is 0.239 e. The molecule has 1 aromatic rings. The number of hydrogen-bond acceptors (Lipinski definition) is 3. The number of nitrogens with one attached hydrogen (secondary N) is 3. The Hall–Kier alpha value is -1.88. The van der Waals surface area contributed by atoms with Crippen molar-refractivity contribution in [2.45, 2.75) is 46.1 Å². The van der Waals surface area contributed by atoms with E-state index in [0.717, 1.165) is 5.56 Å². The third-order valence-electron chi connectivity index (χ3n) is 4.01. The molecule has 2 amide bonds. The molecule has 0 spiro atoms. The predicted octanol–water partition coefficient (Wildman–Crippen LogP) is 2.13. The van der Waals surface area contributed by atoms with E-state index in [9.17, 15) is 9.59 Å². The molecule has 0 aliphatic carbocycles. The van der Waals surface area contributed by atoms with Gasteiger partial charge in [0.1, 0.15) is 0 Å². The van der Waals surface area contributed by atoms with Crippen molar-refractivity contribution in [1.82, 2.24) is 16.0 Å². The number of carbonyl (C=O) groups is 2. The lowest BCUT2D eigenvalue weighted by molar-refractivity contribution is -0.125. The van der Waals surface area contributed by atoms with Gasteiger partial charge in [-0.3, -0.25) is 9.59 Å². The number of benzene rings is 1. The molecule has 0 heterocycles. The van der Waals surface area contributed by atoms with Gasteiger partial charge in [-0.15, -0.1) is 0 Å². The van der Waals surface area contributed by atoms with E-state index >= 15 is 0 Å². The van der Waals surface area contributed by atoms with Crippen LogP contribution >= 0.6 is 0 Å². The number of amides is 2. The van der Waals surface area contributed by atoms with Gasteiger partial charge in [0.25, 0.3) is 0 Å². The van der Waals surface area contributed by atoms with E-state index in [4.69, 9.17) is 0 Å². The van der Waals surface area contributed by atoms with E-state index in [1.54, 1.807) is 7.05 Å². The molecule has 5 nitrogen and oxygen atoms in total. The third-order valence-corrected chi connectivity index (χ3v) is 4.01. The molecular formula is C19H31N3O2. The molecule has 0 radical (unpaired) electrons. The molecule has 1 rings (SSSR count). The zero-order chi connectivity index (χ0) is 18.3. The van der Waals surface area contributed by atoms with Crippen LogP contribution < -0.4 is 16.0 Å². The first kappa shape index (κ1) is 20.2. The average Bonchev–Trinajstić information content (AvgIpc) is 2.52. The summed E-state index contributed by atoms with van der Waals surface area (Å²) in [4.78, 5) is 23.0. The minimum atomic E-state index is -0.207. The quantitative estimate of drug-likeness (QED) is 0.716. The lowest BCUT2D eigenvalue weighted by atomic mass is 9.85. The first-order chi connectivity index (χ1) is 11.1. The first-order valence-corrected chi connectivity index (χ1v) is 8.46. The second-order valence-electron chi connectivity index (χ2n) is 7.42. The molecule has 0 unspecified atom stereocenters. The second-order valence-corrected chi connectivity index (χ2v) is 7.42. The van der Waals surface area contributed by atoms with Gasteiger partial charge in [-0.2, -0.15) is 0 Å². The smallest absolute Gasteiger partial charge is 0.239 e. The van der Waals surface area contributed by atoms with E-state index in [0.29, 0.717) is 5.92 Å². The monoisotopic (exact) mass is 333 g/mol. The molecule has 0 fully saturated rings. The summed E-state index contributed by atoms with van der Waals surface area (Å²) < 4.78 is 0. The first-order valence-electron chi connectivity index (χ1n) is 8.46. The van der Waals surface area contributed by atoms with Gasteiger partial charge in [0.05, 0.1) is 13.1 Å². The molecule has 1 aromatic carbocycles. The Balaban J connectivity index is 2.67. The largest absolute Gasteiger partial charge is 0.358 e. The van der Waals surface area contributed by atoms with Gasteiger partial charge in [0, 0.05) is 13.1 Å². The topological polar surface area (TPSA) is 70.2 Å². The van der Waals surface area contributed by atoms with Crippen molar-refractivity contribution in [2.75, 3.05) is 20.1 Å². The van der Waals surface area contributed by atoms with Gasteiger partial charge in [-0.25, -0.2) is 0 Å². The minimum absolute atomic E-state index is 0.00361. The van der Waals surface area contributed by atoms with Crippen molar-refractivity contribution in [3.05, 3.63) is 35.4 Å². The lowest BCUT2D eigenvalue weighted by Gasteiger charge is -2.25. The minimum Gasteiger partial charge on any atom is -0.358 e. The van der Waals surface area contributed by atoms with Crippen LogP contribution in [0.5, 0.6) is 0 Å². The highest BCUT2D eigenvalue weighted by molar-refractivity contribution is 5.85. The van der Waals surface area contributed by atoms with Crippen LogP contribution in [0.2, 0.25) is 0 Å². The van der Waals surface area contributed by atoms with Crippen LogP contribution in [0.15, 0.2) is 24.3 Å². The van der Waals surface area contributed by atoms with E-state index in [1.165, 1.54) is 5.56 Å². The van der Waals surface area contributed by atoms with Gasteiger partial charge < -0.3 is 16.0 Å². The Kier molecular flexibility index (Phi) is 7.42. The van der Waals surface area contributed by atoms with Crippen molar-refractivity contribution in [3.63, 3.8) is 0 Å². The van der Waals surface area contributed by atoms with Crippen molar-refractivity contribution in [3.8, 4) is 0 Å². The highest BCUT2D eigenvalue weighted by atomic mass is 16.2. The highest BCUT2D eigenvalue weighted by Gasteiger charge is 2.18. The molecule has 0 saturated heterocycles. The summed E-state index contributed by atoms with van der Waals surface area (Å²) in [5.74, 6) is -0.0469. The van der Waals surface area contributed by atoms with Crippen molar-refractivity contribution in [1.29, 1.82) is 0 Å². The Morgan fingerprint density at radius 2 is 1.58 bits per heavy atom. The molecule has 0 aromatic heterocycles. The maximum absolute atomic E-state index is 11.9. The maximum atomic E-state index is 11.9. The van der Waals surface area contributed by atoms with Crippen LogP contribution in [0.1, 0.15) is 51.8 Å². The summed E-state index contributed by atoms with van der Waals surface area (Å²) in [5.41, 5.74) is 2.58. The van der Waals surface area contributed by atoms with Crippen LogP contribution in [-0.2, 0) is 15.0 Å². The fraction of sp³-hybridized carbons (Fsp3) is 0.579. The molecule has 0 saturated carbocycles. The Morgan fingerprint density at radius 1 is 1.00 bits per heavy atom. The van der Waals surface area contributed by atoms with E-state index in [-0.39, 0.29) is 36.4 Å². The molecule has 24 heavy (non-hydrogen) atoms. The Labute approximate surface area is 145 Å². The Morgan fingerprint density at radius 3 is 2.04 bits per heavy atom. The summed E-state index contributed by atoms with van der Waals surface area (Å²) in [6.07, 6.45) is 0. The number of carbonyl (C=O) groups excluding carboxylic acids is 2. The second kappa shape index (κ2) is 8.83. The Bertz CT molecular complexity index is 545. The molecule has 1 atom stereocenters. The molecule has 134 valence electrons. The normalized spacial score (nSPS) is 12.8. The lowest BCUT2D eigenvalue weighted by Crippen LogP contribution is -2.41. The summed E-state index contributed by atoms with van der Waals surface area (Å²) in [7, 11) is 1.54. The zero-order valence-corrected chi connectivity index (χ0v) is 15.7. The van der Waals surface area contributed by atoms with Gasteiger partial charge >= 0.3 is 0 Å². The van der Waals surface area contributed by atoms with Gasteiger partial charge in [0.15, 0.2) is 0 Å². The summed E-state index contributed by atoms with van der Waals surface area (Å²) in [6.45, 7) is 11.0. The molecule has 5 heteroatoms. The molecule has 0 aliphatic heterocycles. The molecule has 3 N–H and O–H groups in total. The summed E-state index contributed by atoms with van der Waals surface area (Å²) in [5, 5.41) is 8.36. The van der Waals surface area contributed by atoms with Crippen LogP contribution in [0.25, 0.3) is 0 Å². The van der Waals surface area contributed by atoms with E-state index in [1.807, 2.05) is 0 Å². The number of likely N-dealkylation sites (N-methyl/N-ethyl adjacent to an activating group) is 1. The van der Waals surface area contributed by atoms with E-state index < -0.39 is 0 Å². The fourth-order valence-electron chi connectivity index (χ4n) is 2.46. The van der Waals surface area contributed by atoms with Crippen molar-refractivity contribution >= 4 is 11.8 Å². The van der Waals surface area contributed by atoms with Gasteiger partial charge in [-0.05, 0) is 22.5 Å². The van der Waals surface area contributed by atoms with Gasteiger partial charge in [0.2, 0.25) is 11.8 Å². The predicted molar refractivity (Wildman–Crippen MR) is 97.8 cm³/mol. The molecular weight excluding hydrogens is 302 g/mol. The third kappa shape index (κ3) is 6.32. The van der Waals surface area contributed by atoms with Crippen LogP contribution in [0, 0.1) is 5.92 Å². The van der Waals surface area contributed by atoms with Crippen molar-refractivity contribution in [2.24, 2.45) is 5.92 Å². The van der Waals surface area contributed by atoms with Crippen molar-refractivity contribution < 1.29 is 9.59 Å². The average molecular weight is 333 g/mol. The fourth-order valence-corrected chi connectivity index (χ4v) is 2.46. The standard InChI is InChI=1S/C19H31N3O2/c1-13(2)18(22-12-17(24)21-11-16(23)20-6)14-7-9-15(10-8-14)19(3,4)5/h7-10,13,18,22H,11-12H2,1-6H3,(H,20,23)(H,21,24)/t18-/m0/s1. The van der Waals surface area contributed by atoms with Crippen LogP contribution in [-0.4, -0.2) is 32.0 Å². The SMILES string of the molecule is CNC(=O)CNC(=O)CN[C@H](c1ccc(C(C)(C)C)cc1)C(C)C. The van der Waals surface area contributed by atoms with Crippen LogP contribution in [0.4, 0.5) is 0 Å². The molecule has 0 bridgehead atoms. The van der Waals surface area contributed by atoms with E-state index in [2.05, 4.69) is 74.8 Å². The number of rotatable bonds is 7. The van der Waals surface area contributed by atoms with Gasteiger partial charge in [-0.1, -0.05) is 58.9 Å². The zero-order valence-electron chi connectivity index (χ0n) is 15.7. The summed E-state index contributed by atoms with van der Waals surface area (Å²) >= 11 is 0. The summed E-state index contributed by atoms with van der Waals surface area (Å²) in [6, 6.07) is 8.64. The highest BCUT2D eigenvalue weighted by Crippen LogP contribution is 2.26. The molecule has 0 aliphatic rings. The number of hydrogen-bond donors (Lipinski definition) is 3. The van der Waals surface area contributed by atoms with Crippen LogP contribution in [0.3, 0.4) is 0 Å².